The lowest BCUT2D eigenvalue weighted by molar-refractivity contribution is 0.125. The van der Waals surface area contributed by atoms with Gasteiger partial charge >= 0.3 is 0 Å². The van der Waals surface area contributed by atoms with E-state index in [1.807, 2.05) is 0 Å². The Balaban J connectivity index is 2.32. The number of halogens is 3. The van der Waals surface area contributed by atoms with Crippen molar-refractivity contribution < 1.29 is 13.2 Å². The largest absolute Gasteiger partial charge is 0.243 e. The van der Waals surface area contributed by atoms with Gasteiger partial charge in [-0.15, -0.1) is 0 Å². The van der Waals surface area contributed by atoms with Crippen LogP contribution in [0, 0.1) is 0 Å². The Morgan fingerprint density at radius 3 is 2.07 bits per heavy atom. The maximum atomic E-state index is 13.5. The molecule has 15 heavy (non-hydrogen) atoms. The fraction of sp³-hybridized carbons (Fsp3) is 0.333. The third kappa shape index (κ3) is 1.91. The number of rotatable bonds is 1. The van der Waals surface area contributed by atoms with E-state index >= 15 is 0 Å². The molecule has 1 aliphatic rings. The summed E-state index contributed by atoms with van der Waals surface area (Å²) in [6.45, 7) is 0. The van der Waals surface area contributed by atoms with Gasteiger partial charge in [0, 0.05) is 0 Å². The molecule has 0 fully saturated rings. The van der Waals surface area contributed by atoms with E-state index in [0.29, 0.717) is 5.56 Å². The van der Waals surface area contributed by atoms with Crippen molar-refractivity contribution in [2.75, 3.05) is 0 Å². The second-order valence-corrected chi connectivity index (χ2v) is 3.65. The first-order valence-electron chi connectivity index (χ1n) is 4.85. The molecule has 0 nitrogen and oxygen atoms in total. The third-order valence-corrected chi connectivity index (χ3v) is 2.65. The molecule has 0 spiro atoms. The number of benzene rings is 1. The zero-order valence-electron chi connectivity index (χ0n) is 7.98. The van der Waals surface area contributed by atoms with Gasteiger partial charge < -0.3 is 0 Å². The Kier molecular flexibility index (Phi) is 2.80. The first-order valence-corrected chi connectivity index (χ1v) is 4.85. The smallest absolute Gasteiger partial charge is 0.150 e. The minimum atomic E-state index is -1.80. The average molecular weight is 212 g/mol. The minimum absolute atomic E-state index is 0.504. The van der Waals surface area contributed by atoms with Crippen LogP contribution in [0.3, 0.4) is 0 Å². The van der Waals surface area contributed by atoms with Crippen molar-refractivity contribution in [1.29, 1.82) is 0 Å². The molecule has 0 radical (unpaired) electrons. The Bertz CT molecular complexity index is 347. The topological polar surface area (TPSA) is 0 Å². The van der Waals surface area contributed by atoms with Gasteiger partial charge in [-0.05, 0) is 11.6 Å². The second-order valence-electron chi connectivity index (χ2n) is 3.65. The van der Waals surface area contributed by atoms with Gasteiger partial charge in [0.05, 0.1) is 5.92 Å². The van der Waals surface area contributed by atoms with Gasteiger partial charge in [-0.3, -0.25) is 0 Å². The highest BCUT2D eigenvalue weighted by molar-refractivity contribution is 5.27. The molecule has 0 bridgehead atoms. The van der Waals surface area contributed by atoms with Gasteiger partial charge in [-0.25, -0.2) is 13.2 Å². The SMILES string of the molecule is F[C@@H]1[C@@H](c2ccccc2)[C@@H](F)C=C[C@H]1F. The summed E-state index contributed by atoms with van der Waals surface area (Å²) < 4.78 is 40.0. The van der Waals surface area contributed by atoms with E-state index in [2.05, 4.69) is 0 Å². The van der Waals surface area contributed by atoms with E-state index in [1.165, 1.54) is 0 Å². The van der Waals surface area contributed by atoms with Crippen LogP contribution in [0.25, 0.3) is 0 Å². The average Bonchev–Trinajstić information content (AvgIpc) is 2.26. The Morgan fingerprint density at radius 2 is 1.40 bits per heavy atom. The molecule has 1 aliphatic carbocycles. The van der Waals surface area contributed by atoms with Gasteiger partial charge in [0.1, 0.15) is 12.3 Å². The summed E-state index contributed by atoms with van der Waals surface area (Å²) in [7, 11) is 0. The summed E-state index contributed by atoms with van der Waals surface area (Å²) >= 11 is 0. The quantitative estimate of drug-likeness (QED) is 0.626. The zero-order valence-corrected chi connectivity index (χ0v) is 7.98. The molecule has 0 saturated carbocycles. The number of hydrogen-bond donors (Lipinski definition) is 0. The lowest BCUT2D eigenvalue weighted by Crippen LogP contribution is -2.33. The van der Waals surface area contributed by atoms with Crippen molar-refractivity contribution >= 4 is 0 Å². The van der Waals surface area contributed by atoms with Gasteiger partial charge in [-0.2, -0.15) is 0 Å². The fourth-order valence-electron chi connectivity index (χ4n) is 1.85. The predicted molar refractivity (Wildman–Crippen MR) is 53.0 cm³/mol. The standard InChI is InChI=1S/C12H11F3/c13-9-6-7-10(14)12(15)11(9)8-4-2-1-3-5-8/h1-7,9-12H/t9-,10+,11-,12-/m0/s1. The highest BCUT2D eigenvalue weighted by atomic mass is 19.2. The van der Waals surface area contributed by atoms with Crippen LogP contribution in [0.1, 0.15) is 11.5 Å². The third-order valence-electron chi connectivity index (χ3n) is 2.65. The van der Waals surface area contributed by atoms with Crippen molar-refractivity contribution in [2.45, 2.75) is 24.4 Å². The van der Waals surface area contributed by atoms with Gasteiger partial charge in [0.25, 0.3) is 0 Å². The monoisotopic (exact) mass is 212 g/mol. The fourth-order valence-corrected chi connectivity index (χ4v) is 1.85. The molecule has 0 unspecified atom stereocenters. The van der Waals surface area contributed by atoms with Crippen molar-refractivity contribution in [1.82, 2.24) is 0 Å². The van der Waals surface area contributed by atoms with E-state index in [4.69, 9.17) is 0 Å². The lowest BCUT2D eigenvalue weighted by atomic mass is 9.84. The molecule has 0 amide bonds. The summed E-state index contributed by atoms with van der Waals surface area (Å²) in [5, 5.41) is 0. The lowest BCUT2D eigenvalue weighted by Gasteiger charge is -2.28. The molecule has 80 valence electrons. The molecule has 0 aliphatic heterocycles. The van der Waals surface area contributed by atoms with Gasteiger partial charge in [0.15, 0.2) is 6.17 Å². The highest BCUT2D eigenvalue weighted by Crippen LogP contribution is 2.35. The van der Waals surface area contributed by atoms with Gasteiger partial charge in [0.2, 0.25) is 0 Å². The van der Waals surface area contributed by atoms with Crippen LogP contribution in [0.2, 0.25) is 0 Å². The summed E-state index contributed by atoms with van der Waals surface area (Å²) in [6.07, 6.45) is -2.91. The van der Waals surface area contributed by atoms with Crippen molar-refractivity contribution in [3.05, 3.63) is 48.0 Å². The predicted octanol–water partition coefficient (Wildman–Crippen LogP) is 3.35. The molecule has 0 aromatic heterocycles. The molecule has 2 rings (SSSR count). The zero-order chi connectivity index (χ0) is 10.8. The van der Waals surface area contributed by atoms with Crippen molar-refractivity contribution in [3.63, 3.8) is 0 Å². The molecule has 4 atom stereocenters. The van der Waals surface area contributed by atoms with E-state index in [0.717, 1.165) is 12.2 Å². The molecule has 0 N–H and O–H groups in total. The summed E-state index contributed by atoms with van der Waals surface area (Å²) in [5.41, 5.74) is 0.504. The van der Waals surface area contributed by atoms with Crippen molar-refractivity contribution in [3.8, 4) is 0 Å². The van der Waals surface area contributed by atoms with Crippen LogP contribution < -0.4 is 0 Å². The summed E-state index contributed by atoms with van der Waals surface area (Å²) in [5.74, 6) is -1.02. The summed E-state index contributed by atoms with van der Waals surface area (Å²) in [6, 6.07) is 8.39. The minimum Gasteiger partial charge on any atom is -0.243 e. The van der Waals surface area contributed by atoms with Crippen LogP contribution in [0.4, 0.5) is 13.2 Å². The maximum Gasteiger partial charge on any atom is 0.150 e. The molecular weight excluding hydrogens is 201 g/mol. The highest BCUT2D eigenvalue weighted by Gasteiger charge is 2.37. The second kappa shape index (κ2) is 4.09. The van der Waals surface area contributed by atoms with E-state index in [-0.39, 0.29) is 0 Å². The molecule has 0 heterocycles. The van der Waals surface area contributed by atoms with Crippen LogP contribution >= 0.6 is 0 Å². The van der Waals surface area contributed by atoms with Crippen molar-refractivity contribution in [2.24, 2.45) is 0 Å². The first-order chi connectivity index (χ1) is 7.20. The van der Waals surface area contributed by atoms with E-state index in [1.54, 1.807) is 30.3 Å². The molecule has 1 aromatic carbocycles. The van der Waals surface area contributed by atoms with E-state index < -0.39 is 24.4 Å². The number of alkyl halides is 3. The molecule has 0 saturated heterocycles. The normalized spacial score (nSPS) is 35.4. The Hall–Kier alpha value is -1.25. The Labute approximate surface area is 86.4 Å². The van der Waals surface area contributed by atoms with Crippen LogP contribution in [-0.2, 0) is 0 Å². The first kappa shape index (κ1) is 10.3. The Morgan fingerprint density at radius 1 is 0.800 bits per heavy atom. The van der Waals surface area contributed by atoms with Crippen LogP contribution in [0.15, 0.2) is 42.5 Å². The summed E-state index contributed by atoms with van der Waals surface area (Å²) in [4.78, 5) is 0. The van der Waals surface area contributed by atoms with Crippen LogP contribution in [-0.4, -0.2) is 18.5 Å². The maximum absolute atomic E-state index is 13.5. The van der Waals surface area contributed by atoms with E-state index in [9.17, 15) is 13.2 Å². The molecule has 3 heteroatoms. The number of hydrogen-bond acceptors (Lipinski definition) is 0. The molecular formula is C12H11F3. The van der Waals surface area contributed by atoms with Crippen LogP contribution in [0.5, 0.6) is 0 Å². The number of allylic oxidation sites excluding steroid dienone is 2. The molecule has 1 aromatic rings. The van der Waals surface area contributed by atoms with Gasteiger partial charge in [-0.1, -0.05) is 36.4 Å².